The molecule has 4 nitrogen and oxygen atoms in total. The van der Waals surface area contributed by atoms with Gasteiger partial charge in [0.2, 0.25) is 0 Å². The minimum Gasteiger partial charge on any atom is -0.391 e. The van der Waals surface area contributed by atoms with Crippen LogP contribution in [-0.4, -0.2) is 36.8 Å². The van der Waals surface area contributed by atoms with Crippen LogP contribution in [0.3, 0.4) is 0 Å². The Morgan fingerprint density at radius 3 is 2.55 bits per heavy atom. The Morgan fingerprint density at radius 2 is 2.00 bits per heavy atom. The largest absolute Gasteiger partial charge is 0.391 e. The molecule has 7 heteroatoms. The van der Waals surface area contributed by atoms with Gasteiger partial charge < -0.3 is 15.7 Å². The summed E-state index contributed by atoms with van der Waals surface area (Å²) in [6, 6.07) is 3.50. The van der Waals surface area contributed by atoms with Crippen LogP contribution in [0.5, 0.6) is 0 Å². The molecule has 1 saturated heterocycles. The van der Waals surface area contributed by atoms with E-state index in [0.717, 1.165) is 24.3 Å². The second kappa shape index (κ2) is 5.80. The van der Waals surface area contributed by atoms with Gasteiger partial charge in [-0.3, -0.25) is 4.79 Å². The van der Waals surface area contributed by atoms with Crippen molar-refractivity contribution in [3.8, 4) is 0 Å². The van der Waals surface area contributed by atoms with Gasteiger partial charge in [-0.05, 0) is 24.3 Å². The lowest BCUT2D eigenvalue weighted by molar-refractivity contribution is -0.147. The van der Waals surface area contributed by atoms with Gasteiger partial charge in [0, 0.05) is 31.1 Å². The zero-order valence-electron chi connectivity index (χ0n) is 10.6. The van der Waals surface area contributed by atoms with Crippen LogP contribution >= 0.6 is 0 Å². The molecule has 2 atom stereocenters. The van der Waals surface area contributed by atoms with E-state index in [1.807, 2.05) is 0 Å². The van der Waals surface area contributed by atoms with Crippen molar-refractivity contribution in [1.29, 1.82) is 0 Å². The molecule has 1 aliphatic heterocycles. The summed E-state index contributed by atoms with van der Waals surface area (Å²) in [5.41, 5.74) is -0.568. The fraction of sp³-hybridized carbons (Fsp3) is 0.462. The van der Waals surface area contributed by atoms with Gasteiger partial charge in [0.1, 0.15) is 5.82 Å². The van der Waals surface area contributed by atoms with Crippen LogP contribution in [0.4, 0.5) is 13.2 Å². The fourth-order valence-corrected chi connectivity index (χ4v) is 2.05. The van der Waals surface area contributed by atoms with E-state index in [-0.39, 0.29) is 12.5 Å². The third-order valence-corrected chi connectivity index (χ3v) is 3.32. The van der Waals surface area contributed by atoms with Gasteiger partial charge in [0.05, 0.1) is 6.10 Å². The number of nitrogens with one attached hydrogen (secondary N) is 2. The number of aliphatic hydroxyl groups excluding tert-OH is 1. The maximum Gasteiger partial charge on any atom is 0.349 e. The molecule has 0 aromatic heterocycles. The monoisotopic (exact) mass is 288 g/mol. The lowest BCUT2D eigenvalue weighted by Gasteiger charge is -2.19. The summed E-state index contributed by atoms with van der Waals surface area (Å²) in [4.78, 5) is 11.6. The van der Waals surface area contributed by atoms with E-state index in [0.29, 0.717) is 13.1 Å². The predicted molar refractivity (Wildman–Crippen MR) is 65.7 cm³/mol. The van der Waals surface area contributed by atoms with Crippen LogP contribution in [-0.2, 0) is 10.7 Å². The number of amides is 1. The van der Waals surface area contributed by atoms with Gasteiger partial charge >= 0.3 is 5.92 Å². The summed E-state index contributed by atoms with van der Waals surface area (Å²) in [6.07, 6.45) is -0.658. The molecule has 1 fully saturated rings. The first-order valence-electron chi connectivity index (χ1n) is 6.22. The highest BCUT2D eigenvalue weighted by Gasteiger charge is 2.41. The fourth-order valence-electron chi connectivity index (χ4n) is 2.05. The van der Waals surface area contributed by atoms with Crippen LogP contribution in [0.2, 0.25) is 0 Å². The van der Waals surface area contributed by atoms with Crippen LogP contribution in [0.25, 0.3) is 0 Å². The highest BCUT2D eigenvalue weighted by Crippen LogP contribution is 2.28. The summed E-state index contributed by atoms with van der Waals surface area (Å²) in [5.74, 6) is -6.12. The average molecular weight is 288 g/mol. The topological polar surface area (TPSA) is 61.4 Å². The first-order valence-corrected chi connectivity index (χ1v) is 6.22. The van der Waals surface area contributed by atoms with Gasteiger partial charge in [-0.2, -0.15) is 8.78 Å². The van der Waals surface area contributed by atoms with Gasteiger partial charge in [0.25, 0.3) is 5.91 Å². The number of halogens is 3. The van der Waals surface area contributed by atoms with E-state index < -0.39 is 29.3 Å². The second-order valence-corrected chi connectivity index (χ2v) is 4.78. The van der Waals surface area contributed by atoms with Crippen LogP contribution in [0, 0.1) is 11.7 Å². The molecular formula is C13H15F3N2O2. The molecule has 2 unspecified atom stereocenters. The summed E-state index contributed by atoms with van der Waals surface area (Å²) in [6.45, 7) is 0.808. The Hall–Kier alpha value is -1.60. The Morgan fingerprint density at radius 1 is 1.35 bits per heavy atom. The molecule has 1 aromatic rings. The average Bonchev–Trinajstić information content (AvgIpc) is 2.82. The number of β-amino-alcohol motifs (C(OH)–C–C–N with tert-alkyl or cyclic N) is 1. The van der Waals surface area contributed by atoms with Crippen LogP contribution < -0.4 is 10.6 Å². The molecule has 0 radical (unpaired) electrons. The van der Waals surface area contributed by atoms with Crippen molar-refractivity contribution in [1.82, 2.24) is 10.6 Å². The molecule has 1 heterocycles. The number of rotatable bonds is 4. The number of aliphatic hydroxyl groups is 1. The first-order chi connectivity index (χ1) is 9.41. The molecule has 1 aromatic carbocycles. The number of carbonyl (C=O) groups is 1. The van der Waals surface area contributed by atoms with E-state index >= 15 is 0 Å². The molecule has 0 saturated carbocycles. The standard InChI is InChI=1S/C13H15F3N2O2/c14-10-3-1-9(2-4-10)13(15,16)12(20)18-6-8-5-17-7-11(8)19/h1-4,8,11,17,19H,5-7H2,(H,18,20). The van der Waals surface area contributed by atoms with Crippen LogP contribution in [0.1, 0.15) is 5.56 Å². The molecule has 110 valence electrons. The number of hydrogen-bond donors (Lipinski definition) is 3. The van der Waals surface area contributed by atoms with Crippen molar-refractivity contribution >= 4 is 5.91 Å². The number of benzene rings is 1. The highest BCUT2D eigenvalue weighted by atomic mass is 19.3. The Labute approximate surface area is 114 Å². The molecule has 2 rings (SSSR count). The smallest absolute Gasteiger partial charge is 0.349 e. The molecule has 0 spiro atoms. The van der Waals surface area contributed by atoms with E-state index in [2.05, 4.69) is 10.6 Å². The second-order valence-electron chi connectivity index (χ2n) is 4.78. The SMILES string of the molecule is O=C(NCC1CNCC1O)C(F)(F)c1ccc(F)cc1. The van der Waals surface area contributed by atoms with Crippen molar-refractivity contribution in [2.45, 2.75) is 12.0 Å². The van der Waals surface area contributed by atoms with Crippen molar-refractivity contribution in [2.75, 3.05) is 19.6 Å². The zero-order chi connectivity index (χ0) is 14.8. The van der Waals surface area contributed by atoms with Gasteiger partial charge in [0.15, 0.2) is 0 Å². The Kier molecular flexibility index (Phi) is 4.29. The maximum atomic E-state index is 13.8. The first kappa shape index (κ1) is 14.8. The molecule has 0 aliphatic carbocycles. The van der Waals surface area contributed by atoms with E-state index in [1.165, 1.54) is 0 Å². The van der Waals surface area contributed by atoms with E-state index in [1.54, 1.807) is 0 Å². The zero-order valence-corrected chi connectivity index (χ0v) is 10.6. The number of alkyl halides is 2. The van der Waals surface area contributed by atoms with Crippen LogP contribution in [0.15, 0.2) is 24.3 Å². The maximum absolute atomic E-state index is 13.8. The molecule has 1 amide bonds. The molecule has 0 bridgehead atoms. The van der Waals surface area contributed by atoms with Crippen molar-refractivity contribution < 1.29 is 23.1 Å². The minimum absolute atomic E-state index is 0.0379. The molecule has 20 heavy (non-hydrogen) atoms. The Bertz CT molecular complexity index is 479. The third-order valence-electron chi connectivity index (χ3n) is 3.32. The lowest BCUT2D eigenvalue weighted by atomic mass is 10.1. The number of carbonyl (C=O) groups excluding carboxylic acids is 1. The predicted octanol–water partition coefficient (Wildman–Crippen LogP) is 0.614. The highest BCUT2D eigenvalue weighted by molar-refractivity contribution is 5.84. The van der Waals surface area contributed by atoms with Crippen molar-refractivity contribution in [3.05, 3.63) is 35.6 Å². The van der Waals surface area contributed by atoms with Crippen molar-refractivity contribution in [2.24, 2.45) is 5.92 Å². The molecule has 3 N–H and O–H groups in total. The Balaban J connectivity index is 1.98. The number of hydrogen-bond acceptors (Lipinski definition) is 3. The van der Waals surface area contributed by atoms with Gasteiger partial charge in [-0.25, -0.2) is 4.39 Å². The van der Waals surface area contributed by atoms with Gasteiger partial charge in [-0.15, -0.1) is 0 Å². The quantitative estimate of drug-likeness (QED) is 0.761. The minimum atomic E-state index is -3.73. The lowest BCUT2D eigenvalue weighted by Crippen LogP contribution is -2.42. The molecular weight excluding hydrogens is 273 g/mol. The van der Waals surface area contributed by atoms with E-state index in [4.69, 9.17) is 0 Å². The van der Waals surface area contributed by atoms with Crippen molar-refractivity contribution in [3.63, 3.8) is 0 Å². The van der Waals surface area contributed by atoms with Gasteiger partial charge in [-0.1, -0.05) is 0 Å². The normalized spacial score (nSPS) is 22.8. The van der Waals surface area contributed by atoms with E-state index in [9.17, 15) is 23.1 Å². The summed E-state index contributed by atoms with van der Waals surface area (Å²) >= 11 is 0. The summed E-state index contributed by atoms with van der Waals surface area (Å²) in [7, 11) is 0. The molecule has 1 aliphatic rings. The third kappa shape index (κ3) is 3.10. The summed E-state index contributed by atoms with van der Waals surface area (Å²) in [5, 5.41) is 14.5. The summed E-state index contributed by atoms with van der Waals surface area (Å²) < 4.78 is 40.4.